The number of carbonyl (C=O) groups is 2. The lowest BCUT2D eigenvalue weighted by Crippen LogP contribution is -2.49. The number of amides is 2. The van der Waals surface area contributed by atoms with Crippen molar-refractivity contribution in [1.82, 2.24) is 10.2 Å². The average Bonchev–Trinajstić information content (AvgIpc) is 3.18. The Morgan fingerprint density at radius 2 is 1.96 bits per heavy atom. The second-order valence-corrected chi connectivity index (χ2v) is 6.31. The summed E-state index contributed by atoms with van der Waals surface area (Å²) in [5.41, 5.74) is 2.11. The zero-order valence-electron chi connectivity index (χ0n) is 13.1. The molecular formula is C17H19F3N2O2. The van der Waals surface area contributed by atoms with E-state index in [1.165, 1.54) is 4.90 Å². The summed E-state index contributed by atoms with van der Waals surface area (Å²) in [6, 6.07) is 6.91. The van der Waals surface area contributed by atoms with E-state index in [0.717, 1.165) is 17.5 Å². The number of hydrogen-bond acceptors (Lipinski definition) is 2. The zero-order valence-corrected chi connectivity index (χ0v) is 13.1. The van der Waals surface area contributed by atoms with Crippen LogP contribution in [0.1, 0.15) is 36.3 Å². The third-order valence-electron chi connectivity index (χ3n) is 4.73. The normalized spacial score (nSPS) is 23.2. The summed E-state index contributed by atoms with van der Waals surface area (Å²) >= 11 is 0. The quantitative estimate of drug-likeness (QED) is 0.918. The van der Waals surface area contributed by atoms with Crippen LogP contribution >= 0.6 is 0 Å². The van der Waals surface area contributed by atoms with E-state index in [-0.39, 0.29) is 11.8 Å². The highest BCUT2D eigenvalue weighted by atomic mass is 19.4. The second-order valence-electron chi connectivity index (χ2n) is 6.31. The van der Waals surface area contributed by atoms with E-state index in [1.54, 1.807) is 0 Å². The molecule has 0 bridgehead atoms. The molecule has 1 saturated heterocycles. The van der Waals surface area contributed by atoms with Gasteiger partial charge in [-0.05, 0) is 36.8 Å². The number of alkyl halides is 3. The van der Waals surface area contributed by atoms with Crippen LogP contribution in [-0.4, -0.2) is 42.0 Å². The van der Waals surface area contributed by atoms with Crippen molar-refractivity contribution in [2.24, 2.45) is 0 Å². The number of hydrogen-bond donors (Lipinski definition) is 1. The molecule has 2 atom stereocenters. The molecule has 0 spiro atoms. The molecule has 7 heteroatoms. The minimum absolute atomic E-state index is 0.149. The molecule has 2 amide bonds. The Balaban J connectivity index is 1.69. The van der Waals surface area contributed by atoms with Gasteiger partial charge in [-0.25, -0.2) is 0 Å². The van der Waals surface area contributed by atoms with Crippen LogP contribution in [0.2, 0.25) is 0 Å². The van der Waals surface area contributed by atoms with Crippen molar-refractivity contribution < 1.29 is 22.8 Å². The number of fused-ring (bicyclic) bond motifs is 1. The Kier molecular flexibility index (Phi) is 4.51. The number of carbonyl (C=O) groups excluding carboxylic acids is 2. The van der Waals surface area contributed by atoms with Crippen molar-refractivity contribution in [3.05, 3.63) is 35.4 Å². The van der Waals surface area contributed by atoms with Crippen LogP contribution in [0.25, 0.3) is 0 Å². The summed E-state index contributed by atoms with van der Waals surface area (Å²) in [5, 5.41) is 1.90. The lowest BCUT2D eigenvalue weighted by molar-refractivity contribution is -0.145. The number of nitrogens with one attached hydrogen (secondary N) is 1. The highest BCUT2D eigenvalue weighted by Crippen LogP contribution is 2.36. The van der Waals surface area contributed by atoms with Gasteiger partial charge < -0.3 is 10.2 Å². The molecule has 1 aliphatic heterocycles. The monoisotopic (exact) mass is 340 g/mol. The first-order valence-corrected chi connectivity index (χ1v) is 8.09. The predicted molar refractivity (Wildman–Crippen MR) is 81.3 cm³/mol. The zero-order chi connectivity index (χ0) is 17.3. The molecule has 130 valence electrons. The molecule has 0 aromatic heterocycles. The third-order valence-corrected chi connectivity index (χ3v) is 4.73. The van der Waals surface area contributed by atoms with E-state index in [2.05, 4.69) is 0 Å². The standard InChI is InChI=1S/C17H19F3N2O2/c18-17(19,20)10-21-15(23)14-6-3-9-22(14)16(24)13-8-7-11-4-1-2-5-12(11)13/h1-2,4-5,13-14H,3,6-10H2,(H,21,23)/t13-,14-/m1/s1. The van der Waals surface area contributed by atoms with Gasteiger partial charge >= 0.3 is 6.18 Å². The van der Waals surface area contributed by atoms with Gasteiger partial charge in [-0.3, -0.25) is 9.59 Å². The number of aryl methyl sites for hydroxylation is 1. The van der Waals surface area contributed by atoms with Crippen LogP contribution in [0.15, 0.2) is 24.3 Å². The first-order valence-electron chi connectivity index (χ1n) is 8.09. The number of benzene rings is 1. The van der Waals surface area contributed by atoms with Crippen molar-refractivity contribution in [3.63, 3.8) is 0 Å². The van der Waals surface area contributed by atoms with Gasteiger partial charge in [-0.1, -0.05) is 24.3 Å². The summed E-state index contributed by atoms with van der Waals surface area (Å²) < 4.78 is 36.8. The molecule has 0 radical (unpaired) electrons. The molecule has 1 heterocycles. The van der Waals surface area contributed by atoms with Crippen molar-refractivity contribution in [2.45, 2.75) is 43.8 Å². The summed E-state index contributed by atoms with van der Waals surface area (Å²) in [6.45, 7) is -0.946. The minimum atomic E-state index is -4.45. The molecule has 24 heavy (non-hydrogen) atoms. The Morgan fingerprint density at radius 1 is 1.21 bits per heavy atom. The number of likely N-dealkylation sites (tertiary alicyclic amines) is 1. The molecule has 2 aliphatic rings. The topological polar surface area (TPSA) is 49.4 Å². The molecule has 1 aromatic carbocycles. The van der Waals surface area contributed by atoms with Gasteiger partial charge in [0.15, 0.2) is 0 Å². The Hall–Kier alpha value is -2.05. The maximum atomic E-state index is 12.9. The number of nitrogens with zero attached hydrogens (tertiary/aromatic N) is 1. The average molecular weight is 340 g/mol. The van der Waals surface area contributed by atoms with Crippen molar-refractivity contribution in [2.75, 3.05) is 13.1 Å². The van der Waals surface area contributed by atoms with Gasteiger partial charge in [0.2, 0.25) is 11.8 Å². The molecule has 1 fully saturated rings. The Bertz CT molecular complexity index is 645. The molecule has 1 N–H and O–H groups in total. The van der Waals surface area contributed by atoms with E-state index < -0.39 is 24.7 Å². The van der Waals surface area contributed by atoms with Crippen LogP contribution in [0.3, 0.4) is 0 Å². The lowest BCUT2D eigenvalue weighted by atomic mass is 9.99. The molecule has 3 rings (SSSR count). The van der Waals surface area contributed by atoms with Crippen LogP contribution in [0.4, 0.5) is 13.2 Å². The highest BCUT2D eigenvalue weighted by Gasteiger charge is 2.40. The number of rotatable bonds is 3. The van der Waals surface area contributed by atoms with Gasteiger partial charge in [-0.15, -0.1) is 0 Å². The molecule has 1 aliphatic carbocycles. The fourth-order valence-corrected chi connectivity index (χ4v) is 3.62. The fourth-order valence-electron chi connectivity index (χ4n) is 3.62. The Labute approximate surface area is 138 Å². The van der Waals surface area contributed by atoms with Crippen molar-refractivity contribution >= 4 is 11.8 Å². The first kappa shape index (κ1) is 16.8. The summed E-state index contributed by atoms with van der Waals surface area (Å²) in [5.74, 6) is -1.16. The van der Waals surface area contributed by atoms with E-state index in [9.17, 15) is 22.8 Å². The van der Waals surface area contributed by atoms with Gasteiger partial charge in [0.1, 0.15) is 12.6 Å². The van der Waals surface area contributed by atoms with Crippen LogP contribution in [-0.2, 0) is 16.0 Å². The molecule has 1 aromatic rings. The van der Waals surface area contributed by atoms with E-state index >= 15 is 0 Å². The summed E-state index contributed by atoms with van der Waals surface area (Å²) in [4.78, 5) is 26.4. The maximum Gasteiger partial charge on any atom is 0.405 e. The van der Waals surface area contributed by atoms with Crippen LogP contribution in [0.5, 0.6) is 0 Å². The first-order chi connectivity index (χ1) is 11.4. The summed E-state index contributed by atoms with van der Waals surface area (Å²) in [7, 11) is 0. The minimum Gasteiger partial charge on any atom is -0.345 e. The van der Waals surface area contributed by atoms with E-state index in [4.69, 9.17) is 0 Å². The second kappa shape index (κ2) is 6.45. The smallest absolute Gasteiger partial charge is 0.345 e. The SMILES string of the molecule is O=C(NCC(F)(F)F)[C@H]1CCCN1C(=O)[C@@H]1CCc2ccccc21. The van der Waals surface area contributed by atoms with Crippen molar-refractivity contribution in [3.8, 4) is 0 Å². The lowest BCUT2D eigenvalue weighted by Gasteiger charge is -2.27. The molecule has 0 saturated carbocycles. The fraction of sp³-hybridized carbons (Fsp3) is 0.529. The van der Waals surface area contributed by atoms with E-state index in [0.29, 0.717) is 25.8 Å². The molecule has 4 nitrogen and oxygen atoms in total. The van der Waals surface area contributed by atoms with Gasteiger partial charge in [0.05, 0.1) is 5.92 Å². The molecular weight excluding hydrogens is 321 g/mol. The third kappa shape index (κ3) is 3.39. The van der Waals surface area contributed by atoms with Gasteiger partial charge in [0.25, 0.3) is 0 Å². The Morgan fingerprint density at radius 3 is 2.71 bits per heavy atom. The van der Waals surface area contributed by atoms with Gasteiger partial charge in [-0.2, -0.15) is 13.2 Å². The highest BCUT2D eigenvalue weighted by molar-refractivity contribution is 5.91. The van der Waals surface area contributed by atoms with E-state index in [1.807, 2.05) is 29.6 Å². The van der Waals surface area contributed by atoms with Gasteiger partial charge in [0, 0.05) is 6.54 Å². The van der Waals surface area contributed by atoms with Crippen LogP contribution < -0.4 is 5.32 Å². The number of halogens is 3. The largest absolute Gasteiger partial charge is 0.405 e. The van der Waals surface area contributed by atoms with Crippen molar-refractivity contribution in [1.29, 1.82) is 0 Å². The maximum absolute atomic E-state index is 12.9. The predicted octanol–water partition coefficient (Wildman–Crippen LogP) is 2.39. The molecule has 0 unspecified atom stereocenters. The summed E-state index contributed by atoms with van der Waals surface area (Å²) in [6.07, 6.45) is -1.92. The van der Waals surface area contributed by atoms with Crippen LogP contribution in [0, 0.1) is 0 Å².